The molecule has 1 aliphatic rings. The molecule has 2 atom stereocenters. The second kappa shape index (κ2) is 4.88. The fraction of sp³-hybridized carbons (Fsp3) is 0.500. The predicted octanol–water partition coefficient (Wildman–Crippen LogP) is 1.94. The summed E-state index contributed by atoms with van der Waals surface area (Å²) < 4.78 is 0. The third-order valence-corrected chi connectivity index (χ3v) is 3.64. The van der Waals surface area contributed by atoms with Crippen molar-refractivity contribution in [1.82, 2.24) is 4.90 Å². The van der Waals surface area contributed by atoms with Crippen LogP contribution in [-0.2, 0) is 11.2 Å². The van der Waals surface area contributed by atoms with E-state index in [1.165, 1.54) is 11.1 Å². The van der Waals surface area contributed by atoms with E-state index < -0.39 is 5.97 Å². The zero-order valence-corrected chi connectivity index (χ0v) is 10.4. The van der Waals surface area contributed by atoms with Crippen molar-refractivity contribution in [2.24, 2.45) is 5.92 Å². The number of carbonyl (C=O) groups is 1. The highest BCUT2D eigenvalue weighted by atomic mass is 16.4. The van der Waals surface area contributed by atoms with Gasteiger partial charge in [0, 0.05) is 12.6 Å². The number of benzene rings is 1. The number of likely N-dealkylation sites (N-methyl/N-ethyl adjacent to an activating group) is 1. The topological polar surface area (TPSA) is 40.5 Å². The Morgan fingerprint density at radius 1 is 1.47 bits per heavy atom. The van der Waals surface area contributed by atoms with E-state index in [4.69, 9.17) is 5.11 Å². The molecule has 1 saturated carbocycles. The first-order valence-electron chi connectivity index (χ1n) is 6.07. The maximum atomic E-state index is 10.8. The predicted molar refractivity (Wildman–Crippen MR) is 67.0 cm³/mol. The molecule has 0 heterocycles. The van der Waals surface area contributed by atoms with Crippen LogP contribution in [-0.4, -0.2) is 35.6 Å². The largest absolute Gasteiger partial charge is 0.481 e. The van der Waals surface area contributed by atoms with E-state index >= 15 is 0 Å². The summed E-state index contributed by atoms with van der Waals surface area (Å²) in [5.41, 5.74) is 2.67. The van der Waals surface area contributed by atoms with Crippen LogP contribution in [0.3, 0.4) is 0 Å². The van der Waals surface area contributed by atoms with Gasteiger partial charge >= 0.3 is 5.97 Å². The number of hydrogen-bond acceptors (Lipinski definition) is 2. The number of hydrogen-bond donors (Lipinski definition) is 1. The van der Waals surface area contributed by atoms with Gasteiger partial charge in [0.2, 0.25) is 0 Å². The van der Waals surface area contributed by atoms with Crippen LogP contribution < -0.4 is 0 Å². The molecule has 0 saturated heterocycles. The normalized spacial score (nSPS) is 22.8. The molecule has 3 heteroatoms. The first kappa shape index (κ1) is 12.1. The summed E-state index contributed by atoms with van der Waals surface area (Å²) in [5.74, 6) is -0.797. The third-order valence-electron chi connectivity index (χ3n) is 3.64. The molecular weight excluding hydrogens is 214 g/mol. The van der Waals surface area contributed by atoms with Crippen LogP contribution in [0.25, 0.3) is 0 Å². The highest BCUT2D eigenvalue weighted by molar-refractivity contribution is 5.74. The van der Waals surface area contributed by atoms with Gasteiger partial charge in [0.1, 0.15) is 0 Å². The van der Waals surface area contributed by atoms with Crippen LogP contribution in [0.2, 0.25) is 0 Å². The molecule has 1 fully saturated rings. The SMILES string of the molecule is Cc1ccccc1CCN(C)C1CC1C(=O)O. The molecule has 92 valence electrons. The van der Waals surface area contributed by atoms with E-state index in [0.717, 1.165) is 19.4 Å². The minimum atomic E-state index is -0.655. The van der Waals surface area contributed by atoms with Crippen molar-refractivity contribution in [2.45, 2.75) is 25.8 Å². The lowest BCUT2D eigenvalue weighted by Gasteiger charge is -2.16. The average molecular weight is 233 g/mol. The number of aliphatic carboxylic acids is 1. The van der Waals surface area contributed by atoms with E-state index in [2.05, 4.69) is 30.0 Å². The second-order valence-corrected chi connectivity index (χ2v) is 4.90. The molecule has 2 unspecified atom stereocenters. The van der Waals surface area contributed by atoms with Crippen LogP contribution in [0.4, 0.5) is 0 Å². The lowest BCUT2D eigenvalue weighted by Crippen LogP contribution is -2.26. The Bertz CT molecular complexity index is 416. The lowest BCUT2D eigenvalue weighted by molar-refractivity contribution is -0.138. The van der Waals surface area contributed by atoms with Gasteiger partial charge in [-0.1, -0.05) is 24.3 Å². The number of carboxylic acid groups (broad SMARTS) is 1. The zero-order valence-electron chi connectivity index (χ0n) is 10.4. The first-order valence-corrected chi connectivity index (χ1v) is 6.07. The molecule has 0 aromatic heterocycles. The van der Waals surface area contributed by atoms with Crippen LogP contribution in [0, 0.1) is 12.8 Å². The summed E-state index contributed by atoms with van der Waals surface area (Å²) in [6.45, 7) is 3.05. The molecule has 1 aliphatic carbocycles. The third kappa shape index (κ3) is 2.86. The molecule has 2 rings (SSSR count). The van der Waals surface area contributed by atoms with Gasteiger partial charge < -0.3 is 10.0 Å². The number of rotatable bonds is 5. The van der Waals surface area contributed by atoms with Crippen molar-refractivity contribution < 1.29 is 9.90 Å². The van der Waals surface area contributed by atoms with Crippen molar-refractivity contribution in [3.63, 3.8) is 0 Å². The summed E-state index contributed by atoms with van der Waals surface area (Å²) in [6.07, 6.45) is 1.80. The van der Waals surface area contributed by atoms with Crippen molar-refractivity contribution in [3.8, 4) is 0 Å². The molecule has 17 heavy (non-hydrogen) atoms. The summed E-state index contributed by atoms with van der Waals surface area (Å²) in [4.78, 5) is 12.9. The van der Waals surface area contributed by atoms with Crippen molar-refractivity contribution in [2.75, 3.05) is 13.6 Å². The fourth-order valence-electron chi connectivity index (χ4n) is 2.29. The monoisotopic (exact) mass is 233 g/mol. The molecule has 0 amide bonds. The molecular formula is C14H19NO2. The van der Waals surface area contributed by atoms with E-state index in [-0.39, 0.29) is 12.0 Å². The van der Waals surface area contributed by atoms with Crippen LogP contribution in [0.15, 0.2) is 24.3 Å². The number of carboxylic acids is 1. The smallest absolute Gasteiger partial charge is 0.308 e. The Balaban J connectivity index is 1.83. The van der Waals surface area contributed by atoms with Gasteiger partial charge in [0.05, 0.1) is 5.92 Å². The van der Waals surface area contributed by atoms with Crippen molar-refractivity contribution in [1.29, 1.82) is 0 Å². The Hall–Kier alpha value is -1.35. The minimum absolute atomic E-state index is 0.142. The van der Waals surface area contributed by atoms with E-state index in [0.29, 0.717) is 0 Å². The van der Waals surface area contributed by atoms with E-state index in [1.54, 1.807) is 0 Å². The Kier molecular flexibility index (Phi) is 3.48. The molecule has 0 radical (unpaired) electrons. The molecule has 0 aliphatic heterocycles. The molecule has 1 aromatic carbocycles. The fourth-order valence-corrected chi connectivity index (χ4v) is 2.29. The molecule has 1 N–H and O–H groups in total. The summed E-state index contributed by atoms with van der Waals surface area (Å²) in [7, 11) is 2.02. The zero-order chi connectivity index (χ0) is 12.4. The van der Waals surface area contributed by atoms with Gasteiger partial charge in [0.25, 0.3) is 0 Å². The Labute approximate surface area is 102 Å². The van der Waals surface area contributed by atoms with Crippen LogP contribution in [0.5, 0.6) is 0 Å². The van der Waals surface area contributed by atoms with Gasteiger partial charge in [-0.15, -0.1) is 0 Å². The van der Waals surface area contributed by atoms with Crippen molar-refractivity contribution in [3.05, 3.63) is 35.4 Å². The van der Waals surface area contributed by atoms with Crippen LogP contribution in [0.1, 0.15) is 17.5 Å². The Morgan fingerprint density at radius 2 is 2.18 bits per heavy atom. The van der Waals surface area contributed by atoms with Gasteiger partial charge in [0.15, 0.2) is 0 Å². The standard InChI is InChI=1S/C14H19NO2/c1-10-5-3-4-6-11(10)7-8-15(2)13-9-12(13)14(16)17/h3-6,12-13H,7-9H2,1-2H3,(H,16,17). The molecule has 0 spiro atoms. The molecule has 0 bridgehead atoms. The molecule has 1 aromatic rings. The second-order valence-electron chi connectivity index (χ2n) is 4.90. The maximum absolute atomic E-state index is 10.8. The quantitative estimate of drug-likeness (QED) is 0.845. The van der Waals surface area contributed by atoms with Crippen molar-refractivity contribution >= 4 is 5.97 Å². The van der Waals surface area contributed by atoms with Gasteiger partial charge in [-0.3, -0.25) is 4.79 Å². The van der Waals surface area contributed by atoms with Crippen LogP contribution >= 0.6 is 0 Å². The minimum Gasteiger partial charge on any atom is -0.481 e. The summed E-state index contributed by atoms with van der Waals surface area (Å²) >= 11 is 0. The first-order chi connectivity index (χ1) is 8.09. The molecule has 3 nitrogen and oxygen atoms in total. The number of aryl methyl sites for hydroxylation is 1. The van der Waals surface area contributed by atoms with Gasteiger partial charge in [-0.05, 0) is 37.9 Å². The number of nitrogens with zero attached hydrogens (tertiary/aromatic N) is 1. The lowest BCUT2D eigenvalue weighted by atomic mass is 10.1. The highest BCUT2D eigenvalue weighted by Crippen LogP contribution is 2.35. The highest BCUT2D eigenvalue weighted by Gasteiger charge is 2.45. The van der Waals surface area contributed by atoms with Gasteiger partial charge in [-0.2, -0.15) is 0 Å². The average Bonchev–Trinajstić information content (AvgIpc) is 3.07. The summed E-state index contributed by atoms with van der Waals surface area (Å²) in [6, 6.07) is 8.61. The maximum Gasteiger partial charge on any atom is 0.308 e. The summed E-state index contributed by atoms with van der Waals surface area (Å²) in [5, 5.41) is 8.88. The van der Waals surface area contributed by atoms with E-state index in [1.807, 2.05) is 13.1 Å². The van der Waals surface area contributed by atoms with E-state index in [9.17, 15) is 4.79 Å². The Morgan fingerprint density at radius 3 is 2.76 bits per heavy atom. The van der Waals surface area contributed by atoms with Gasteiger partial charge in [-0.25, -0.2) is 0 Å².